The Kier molecular flexibility index (Phi) is 6.79. The molecule has 1 aromatic heterocycles. The lowest BCUT2D eigenvalue weighted by Crippen LogP contribution is -2.41. The summed E-state index contributed by atoms with van der Waals surface area (Å²) in [4.78, 5) is 17.5. The largest absolute Gasteiger partial charge is 0.464 e. The standard InChI is InChI=1S/C26H32N2O4S/c1-4-27(5-2)22-9-7-20(8-10-22)16-28(23-12-13-33(30,31)18-23)26(29)15-21-17-32-25-11-6-19(3)14-24(21)25/h6-11,14,17,23H,4-5,12-13,15-16,18H2,1-3H3/t23-/m0/s1. The zero-order valence-electron chi connectivity index (χ0n) is 19.6. The Morgan fingerprint density at radius 2 is 1.82 bits per heavy atom. The number of aryl methyl sites for hydroxylation is 1. The monoisotopic (exact) mass is 468 g/mol. The number of furan rings is 1. The van der Waals surface area contributed by atoms with Gasteiger partial charge in [-0.05, 0) is 57.0 Å². The molecule has 2 heterocycles. The number of hydrogen-bond acceptors (Lipinski definition) is 5. The zero-order chi connectivity index (χ0) is 23.6. The van der Waals surface area contributed by atoms with E-state index in [1.807, 2.05) is 37.3 Å². The quantitative estimate of drug-likeness (QED) is 0.492. The summed E-state index contributed by atoms with van der Waals surface area (Å²) in [6.07, 6.45) is 2.31. The predicted molar refractivity (Wildman–Crippen MR) is 132 cm³/mol. The van der Waals surface area contributed by atoms with E-state index in [4.69, 9.17) is 4.42 Å². The van der Waals surface area contributed by atoms with Gasteiger partial charge < -0.3 is 14.2 Å². The van der Waals surface area contributed by atoms with Crippen LogP contribution in [0.25, 0.3) is 11.0 Å². The van der Waals surface area contributed by atoms with Gasteiger partial charge >= 0.3 is 0 Å². The predicted octanol–water partition coefficient (Wildman–Crippen LogP) is 4.35. The highest BCUT2D eigenvalue weighted by atomic mass is 32.2. The van der Waals surface area contributed by atoms with E-state index in [1.54, 1.807) is 11.2 Å². The van der Waals surface area contributed by atoms with Gasteiger partial charge in [-0.3, -0.25) is 4.79 Å². The second-order valence-corrected chi connectivity index (χ2v) is 11.1. The smallest absolute Gasteiger partial charge is 0.227 e. The average molecular weight is 469 g/mol. The van der Waals surface area contributed by atoms with Crippen LogP contribution in [0.3, 0.4) is 0 Å². The van der Waals surface area contributed by atoms with Crippen LogP contribution >= 0.6 is 0 Å². The maximum atomic E-state index is 13.5. The summed E-state index contributed by atoms with van der Waals surface area (Å²) in [7, 11) is -3.11. The van der Waals surface area contributed by atoms with Gasteiger partial charge in [-0.1, -0.05) is 23.8 Å². The SMILES string of the molecule is CCN(CC)c1ccc(CN(C(=O)Cc2coc3ccc(C)cc23)[C@H]2CCS(=O)(=O)C2)cc1. The van der Waals surface area contributed by atoms with Crippen molar-refractivity contribution in [3.63, 3.8) is 0 Å². The molecule has 1 amide bonds. The minimum atomic E-state index is -3.11. The van der Waals surface area contributed by atoms with Crippen LogP contribution in [0.4, 0.5) is 5.69 Å². The maximum absolute atomic E-state index is 13.5. The normalized spacial score (nSPS) is 17.4. The van der Waals surface area contributed by atoms with E-state index in [0.29, 0.717) is 13.0 Å². The number of carbonyl (C=O) groups excluding carboxylic acids is 1. The number of rotatable bonds is 8. The number of fused-ring (bicyclic) bond motifs is 1. The molecule has 3 aromatic rings. The summed E-state index contributed by atoms with van der Waals surface area (Å²) >= 11 is 0. The Bertz CT molecular complexity index is 1230. The molecule has 0 saturated carbocycles. The molecular formula is C26H32N2O4S. The molecule has 0 N–H and O–H groups in total. The Morgan fingerprint density at radius 1 is 1.09 bits per heavy atom. The van der Waals surface area contributed by atoms with Crippen LogP contribution in [0.2, 0.25) is 0 Å². The molecule has 176 valence electrons. The van der Waals surface area contributed by atoms with E-state index < -0.39 is 9.84 Å². The van der Waals surface area contributed by atoms with Crippen molar-refractivity contribution in [1.82, 2.24) is 4.90 Å². The van der Waals surface area contributed by atoms with E-state index in [9.17, 15) is 13.2 Å². The molecule has 1 aliphatic heterocycles. The van der Waals surface area contributed by atoms with Gasteiger partial charge in [-0.15, -0.1) is 0 Å². The summed E-state index contributed by atoms with van der Waals surface area (Å²) in [6.45, 7) is 8.51. The molecule has 1 saturated heterocycles. The molecule has 2 aromatic carbocycles. The molecule has 7 heteroatoms. The Balaban J connectivity index is 1.58. The van der Waals surface area contributed by atoms with Crippen molar-refractivity contribution >= 4 is 32.4 Å². The van der Waals surface area contributed by atoms with Crippen molar-refractivity contribution in [1.29, 1.82) is 0 Å². The van der Waals surface area contributed by atoms with Gasteiger partial charge in [-0.25, -0.2) is 8.42 Å². The molecular weight excluding hydrogens is 436 g/mol. The fourth-order valence-corrected chi connectivity index (χ4v) is 6.37. The van der Waals surface area contributed by atoms with Gasteiger partial charge in [0.15, 0.2) is 9.84 Å². The van der Waals surface area contributed by atoms with Gasteiger partial charge in [0.25, 0.3) is 0 Å². The summed E-state index contributed by atoms with van der Waals surface area (Å²) < 4.78 is 30.0. The molecule has 1 atom stereocenters. The molecule has 0 radical (unpaired) electrons. The zero-order valence-corrected chi connectivity index (χ0v) is 20.4. The number of nitrogens with zero attached hydrogens (tertiary/aromatic N) is 2. The van der Waals surface area contributed by atoms with Crippen LogP contribution in [0, 0.1) is 6.92 Å². The Hall–Kier alpha value is -2.80. The van der Waals surface area contributed by atoms with Crippen molar-refractivity contribution in [3.05, 3.63) is 65.4 Å². The highest BCUT2D eigenvalue weighted by Crippen LogP contribution is 2.26. The third-order valence-electron chi connectivity index (χ3n) is 6.54. The molecule has 0 bridgehead atoms. The Morgan fingerprint density at radius 3 is 2.45 bits per heavy atom. The fourth-order valence-electron chi connectivity index (χ4n) is 4.64. The van der Waals surface area contributed by atoms with Gasteiger partial charge in [0.05, 0.1) is 24.2 Å². The first-order valence-electron chi connectivity index (χ1n) is 11.6. The van der Waals surface area contributed by atoms with Crippen molar-refractivity contribution in [2.24, 2.45) is 0 Å². The lowest BCUT2D eigenvalue weighted by Gasteiger charge is -2.29. The molecule has 0 unspecified atom stereocenters. The van der Waals surface area contributed by atoms with Crippen LogP contribution in [-0.2, 0) is 27.6 Å². The highest BCUT2D eigenvalue weighted by molar-refractivity contribution is 7.91. The van der Waals surface area contributed by atoms with E-state index in [-0.39, 0.29) is 29.9 Å². The lowest BCUT2D eigenvalue weighted by molar-refractivity contribution is -0.133. The third-order valence-corrected chi connectivity index (χ3v) is 8.29. The number of sulfone groups is 1. The molecule has 0 spiro atoms. The van der Waals surface area contributed by atoms with Crippen molar-refractivity contribution in [2.45, 2.75) is 46.2 Å². The summed E-state index contributed by atoms with van der Waals surface area (Å²) in [5.41, 5.74) is 4.83. The number of anilines is 1. The van der Waals surface area contributed by atoms with E-state index >= 15 is 0 Å². The van der Waals surface area contributed by atoms with Crippen LogP contribution in [0.5, 0.6) is 0 Å². The molecule has 1 fully saturated rings. The third kappa shape index (κ3) is 5.24. The first-order chi connectivity index (χ1) is 15.8. The molecule has 0 aliphatic carbocycles. The van der Waals surface area contributed by atoms with Gasteiger partial charge in [0.1, 0.15) is 5.58 Å². The van der Waals surface area contributed by atoms with Gasteiger partial charge in [-0.2, -0.15) is 0 Å². The summed E-state index contributed by atoms with van der Waals surface area (Å²) in [6, 6.07) is 13.8. The van der Waals surface area contributed by atoms with Crippen LogP contribution < -0.4 is 4.90 Å². The number of amides is 1. The number of carbonyl (C=O) groups is 1. The molecule has 6 nitrogen and oxygen atoms in total. The average Bonchev–Trinajstić information content (AvgIpc) is 3.36. The van der Waals surface area contributed by atoms with Crippen LogP contribution in [-0.4, -0.2) is 49.9 Å². The first-order valence-corrected chi connectivity index (χ1v) is 13.4. The molecule has 1 aliphatic rings. The van der Waals surface area contributed by atoms with Crippen molar-refractivity contribution in [2.75, 3.05) is 29.5 Å². The van der Waals surface area contributed by atoms with Crippen LogP contribution in [0.15, 0.2) is 53.1 Å². The maximum Gasteiger partial charge on any atom is 0.227 e. The topological polar surface area (TPSA) is 70.8 Å². The van der Waals surface area contributed by atoms with E-state index in [1.165, 1.54) is 0 Å². The number of benzene rings is 2. The molecule has 33 heavy (non-hydrogen) atoms. The minimum absolute atomic E-state index is 0.0293. The number of hydrogen-bond donors (Lipinski definition) is 0. The minimum Gasteiger partial charge on any atom is -0.464 e. The fraction of sp³-hybridized carbons (Fsp3) is 0.423. The second-order valence-electron chi connectivity index (χ2n) is 8.85. The van der Waals surface area contributed by atoms with Crippen molar-refractivity contribution in [3.8, 4) is 0 Å². The second kappa shape index (κ2) is 9.59. The van der Waals surface area contributed by atoms with Gasteiger partial charge in [0.2, 0.25) is 5.91 Å². The van der Waals surface area contributed by atoms with Crippen LogP contribution in [0.1, 0.15) is 37.0 Å². The van der Waals surface area contributed by atoms with E-state index in [0.717, 1.165) is 46.4 Å². The first kappa shape index (κ1) is 23.4. The summed E-state index contributed by atoms with van der Waals surface area (Å²) in [5.74, 6) is 0.0895. The Labute approximate surface area is 196 Å². The lowest BCUT2D eigenvalue weighted by atomic mass is 10.1. The van der Waals surface area contributed by atoms with Crippen molar-refractivity contribution < 1.29 is 17.6 Å². The van der Waals surface area contributed by atoms with E-state index in [2.05, 4.69) is 30.9 Å². The summed E-state index contributed by atoms with van der Waals surface area (Å²) in [5, 5.41) is 0.936. The molecule has 4 rings (SSSR count). The highest BCUT2D eigenvalue weighted by Gasteiger charge is 2.35. The van der Waals surface area contributed by atoms with Gasteiger partial charge in [0, 0.05) is 42.3 Å².